The number of aryl methyl sites for hydroxylation is 2. The molecule has 4 rings (SSSR count). The Balaban J connectivity index is 1.38. The van der Waals surface area contributed by atoms with Crippen LogP contribution in [0.5, 0.6) is 5.75 Å². The van der Waals surface area contributed by atoms with Gasteiger partial charge in [-0.2, -0.15) is 0 Å². The van der Waals surface area contributed by atoms with Crippen molar-refractivity contribution in [3.05, 3.63) is 29.3 Å². The molecule has 0 saturated carbocycles. The van der Waals surface area contributed by atoms with E-state index in [1.165, 1.54) is 0 Å². The highest BCUT2D eigenvalue weighted by Crippen LogP contribution is 2.55. The van der Waals surface area contributed by atoms with Crippen molar-refractivity contribution in [1.82, 2.24) is 9.80 Å². The largest absolute Gasteiger partial charge is 0.496 e. The monoisotopic (exact) mass is 372 g/mol. The van der Waals surface area contributed by atoms with Gasteiger partial charge >= 0.3 is 0 Å². The summed E-state index contributed by atoms with van der Waals surface area (Å²) in [6.45, 7) is 4.75. The predicted molar refractivity (Wildman–Crippen MR) is 105 cm³/mol. The molecule has 5 nitrogen and oxygen atoms in total. The van der Waals surface area contributed by atoms with Crippen LogP contribution in [0.2, 0.25) is 0 Å². The van der Waals surface area contributed by atoms with Crippen molar-refractivity contribution >= 4 is 5.91 Å². The standard InChI is InChI=1S/C22H32N2O3/c1-15-5-6-16(11-20(15)26-4)7-8-21(25)24-13-18-17(12-23(2)3)19-9-10-22(18,14-24)27-19/h5-6,11,17-19H,7-10,12-14H2,1-4H3/t17-,18+,19+,22+/m0/s1. The fraction of sp³-hybridized carbons (Fsp3) is 0.682. The second kappa shape index (κ2) is 7.10. The van der Waals surface area contributed by atoms with Crippen LogP contribution >= 0.6 is 0 Å². The molecule has 2 bridgehead atoms. The van der Waals surface area contributed by atoms with Gasteiger partial charge in [-0.25, -0.2) is 0 Å². The molecule has 0 N–H and O–H groups in total. The lowest BCUT2D eigenvalue weighted by molar-refractivity contribution is -0.131. The molecular weight excluding hydrogens is 340 g/mol. The Morgan fingerprint density at radius 1 is 1.41 bits per heavy atom. The fourth-order valence-electron chi connectivity index (χ4n) is 5.48. The summed E-state index contributed by atoms with van der Waals surface area (Å²) in [6.07, 6.45) is 3.98. The van der Waals surface area contributed by atoms with Crippen molar-refractivity contribution in [3.63, 3.8) is 0 Å². The minimum atomic E-state index is -0.0614. The van der Waals surface area contributed by atoms with Gasteiger partial charge in [0.05, 0.1) is 25.4 Å². The van der Waals surface area contributed by atoms with E-state index in [1.54, 1.807) is 7.11 Å². The highest BCUT2D eigenvalue weighted by atomic mass is 16.5. The maximum Gasteiger partial charge on any atom is 0.223 e. The molecule has 1 amide bonds. The van der Waals surface area contributed by atoms with Gasteiger partial charge in [-0.3, -0.25) is 4.79 Å². The summed E-state index contributed by atoms with van der Waals surface area (Å²) in [7, 11) is 5.96. The Morgan fingerprint density at radius 3 is 2.96 bits per heavy atom. The van der Waals surface area contributed by atoms with Gasteiger partial charge in [0.1, 0.15) is 5.75 Å². The third kappa shape index (κ3) is 3.36. The molecule has 0 radical (unpaired) electrons. The van der Waals surface area contributed by atoms with Gasteiger partial charge in [-0.1, -0.05) is 12.1 Å². The van der Waals surface area contributed by atoms with E-state index >= 15 is 0 Å². The van der Waals surface area contributed by atoms with E-state index in [0.717, 1.165) is 55.8 Å². The fourth-order valence-corrected chi connectivity index (χ4v) is 5.48. The number of amides is 1. The zero-order valence-corrected chi connectivity index (χ0v) is 17.0. The molecule has 5 heteroatoms. The molecule has 0 aromatic heterocycles. The van der Waals surface area contributed by atoms with Crippen LogP contribution in [0.1, 0.15) is 30.4 Å². The topological polar surface area (TPSA) is 42.0 Å². The molecule has 3 heterocycles. The molecule has 1 aromatic rings. The molecule has 4 atom stereocenters. The van der Waals surface area contributed by atoms with Crippen molar-refractivity contribution in [2.75, 3.05) is 40.8 Å². The van der Waals surface area contributed by atoms with Gasteiger partial charge in [0.25, 0.3) is 0 Å². The van der Waals surface area contributed by atoms with Crippen molar-refractivity contribution < 1.29 is 14.3 Å². The molecule has 3 aliphatic rings. The van der Waals surface area contributed by atoms with Gasteiger partial charge in [0.2, 0.25) is 5.91 Å². The summed E-state index contributed by atoms with van der Waals surface area (Å²) < 4.78 is 11.8. The molecule has 1 aromatic carbocycles. The van der Waals surface area contributed by atoms with E-state index < -0.39 is 0 Å². The summed E-state index contributed by atoms with van der Waals surface area (Å²) in [4.78, 5) is 17.2. The number of rotatable bonds is 6. The molecule has 3 aliphatic heterocycles. The number of hydrogen-bond donors (Lipinski definition) is 0. The predicted octanol–water partition coefficient (Wildman–Crippen LogP) is 2.50. The third-order valence-corrected chi connectivity index (χ3v) is 6.81. The molecule has 27 heavy (non-hydrogen) atoms. The smallest absolute Gasteiger partial charge is 0.223 e. The lowest BCUT2D eigenvalue weighted by Crippen LogP contribution is -2.40. The van der Waals surface area contributed by atoms with Crippen LogP contribution in [0.25, 0.3) is 0 Å². The maximum absolute atomic E-state index is 12.9. The maximum atomic E-state index is 12.9. The molecule has 1 spiro atoms. The molecule has 0 unspecified atom stereocenters. The molecule has 148 valence electrons. The molecular formula is C22H32N2O3. The zero-order chi connectivity index (χ0) is 19.2. The van der Waals surface area contributed by atoms with Gasteiger partial charge in [0.15, 0.2) is 0 Å². The molecule has 3 fully saturated rings. The van der Waals surface area contributed by atoms with Crippen molar-refractivity contribution in [2.24, 2.45) is 11.8 Å². The number of fused-ring (bicyclic) bond motifs is 1. The van der Waals surface area contributed by atoms with Gasteiger partial charge in [0, 0.05) is 31.3 Å². The Kier molecular flexibility index (Phi) is 4.93. The number of hydrogen-bond acceptors (Lipinski definition) is 4. The average Bonchev–Trinajstić information content (AvgIpc) is 3.30. The number of benzene rings is 1. The zero-order valence-electron chi connectivity index (χ0n) is 17.0. The highest BCUT2D eigenvalue weighted by Gasteiger charge is 2.63. The second-order valence-corrected chi connectivity index (χ2v) is 8.87. The first-order valence-electron chi connectivity index (χ1n) is 10.2. The Morgan fingerprint density at radius 2 is 2.22 bits per heavy atom. The van der Waals surface area contributed by atoms with E-state index in [4.69, 9.17) is 9.47 Å². The van der Waals surface area contributed by atoms with E-state index in [9.17, 15) is 4.79 Å². The first-order chi connectivity index (χ1) is 12.9. The lowest BCUT2D eigenvalue weighted by Gasteiger charge is -2.30. The minimum Gasteiger partial charge on any atom is -0.496 e. The third-order valence-electron chi connectivity index (χ3n) is 6.81. The summed E-state index contributed by atoms with van der Waals surface area (Å²) in [5.74, 6) is 2.22. The summed E-state index contributed by atoms with van der Waals surface area (Å²) in [6, 6.07) is 6.22. The van der Waals surface area contributed by atoms with Crippen LogP contribution in [0.15, 0.2) is 18.2 Å². The number of carbonyl (C=O) groups is 1. The van der Waals surface area contributed by atoms with Crippen LogP contribution < -0.4 is 4.74 Å². The highest BCUT2D eigenvalue weighted by molar-refractivity contribution is 5.77. The lowest BCUT2D eigenvalue weighted by atomic mass is 9.73. The van der Waals surface area contributed by atoms with Gasteiger partial charge in [-0.15, -0.1) is 0 Å². The van der Waals surface area contributed by atoms with Crippen LogP contribution in [0, 0.1) is 18.8 Å². The Hall–Kier alpha value is -1.59. The first-order valence-corrected chi connectivity index (χ1v) is 10.2. The van der Waals surface area contributed by atoms with Crippen molar-refractivity contribution in [3.8, 4) is 5.75 Å². The van der Waals surface area contributed by atoms with Crippen molar-refractivity contribution in [1.29, 1.82) is 0 Å². The number of carbonyl (C=O) groups excluding carboxylic acids is 1. The minimum absolute atomic E-state index is 0.0614. The van der Waals surface area contributed by atoms with E-state index in [0.29, 0.717) is 24.4 Å². The summed E-state index contributed by atoms with van der Waals surface area (Å²) in [5, 5.41) is 0. The average molecular weight is 373 g/mol. The number of nitrogens with zero attached hydrogens (tertiary/aromatic N) is 2. The Labute approximate surface area is 162 Å². The SMILES string of the molecule is COc1cc(CCC(=O)N2C[C@@H]3[C@H](CN(C)C)[C@H]4CC[C@]3(C2)O4)ccc1C. The summed E-state index contributed by atoms with van der Waals surface area (Å²) in [5.41, 5.74) is 2.22. The van der Waals surface area contributed by atoms with Crippen LogP contribution in [-0.2, 0) is 16.0 Å². The van der Waals surface area contributed by atoms with Crippen LogP contribution in [-0.4, -0.2) is 68.3 Å². The van der Waals surface area contributed by atoms with Crippen LogP contribution in [0.3, 0.4) is 0 Å². The normalized spacial score (nSPS) is 31.6. The van der Waals surface area contributed by atoms with Gasteiger partial charge < -0.3 is 19.3 Å². The first kappa shape index (κ1) is 18.8. The van der Waals surface area contributed by atoms with Gasteiger partial charge in [-0.05, 0) is 57.5 Å². The number of likely N-dealkylation sites (tertiary alicyclic amines) is 1. The van der Waals surface area contributed by atoms with E-state index in [1.807, 2.05) is 6.92 Å². The molecule has 0 aliphatic carbocycles. The number of ether oxygens (including phenoxy) is 2. The number of methoxy groups -OCH3 is 1. The molecule has 3 saturated heterocycles. The van der Waals surface area contributed by atoms with E-state index in [2.05, 4.69) is 42.1 Å². The Bertz CT molecular complexity index is 720. The van der Waals surface area contributed by atoms with E-state index in [-0.39, 0.29) is 11.5 Å². The summed E-state index contributed by atoms with van der Waals surface area (Å²) >= 11 is 0. The quantitative estimate of drug-likeness (QED) is 0.769. The van der Waals surface area contributed by atoms with Crippen molar-refractivity contribution in [2.45, 2.75) is 44.3 Å². The van der Waals surface area contributed by atoms with Crippen LogP contribution in [0.4, 0.5) is 0 Å². The second-order valence-electron chi connectivity index (χ2n) is 8.87.